The molecule has 120 valence electrons. The highest BCUT2D eigenvalue weighted by Crippen LogP contribution is 2.52. The van der Waals surface area contributed by atoms with Crippen molar-refractivity contribution in [2.24, 2.45) is 11.8 Å². The summed E-state index contributed by atoms with van der Waals surface area (Å²) >= 11 is 0. The molecule has 2 heteroatoms. The van der Waals surface area contributed by atoms with E-state index in [0.717, 1.165) is 25.7 Å². The number of benzene rings is 1. The third-order valence-corrected chi connectivity index (χ3v) is 6.16. The fourth-order valence-corrected chi connectivity index (χ4v) is 4.86. The van der Waals surface area contributed by atoms with Crippen LogP contribution in [0.25, 0.3) is 0 Å². The summed E-state index contributed by atoms with van der Waals surface area (Å²) < 4.78 is 5.08. The molecule has 0 aromatic heterocycles. The minimum absolute atomic E-state index is 0.00169. The SMILES string of the molecule is COC(=O)[C@@H]1CCC[C@@]2(C)c3ccc(C(C)C)cc3CC[C@H]12. The van der Waals surface area contributed by atoms with E-state index in [4.69, 9.17) is 4.74 Å². The molecule has 0 radical (unpaired) electrons. The fraction of sp³-hybridized carbons (Fsp3) is 0.650. The highest BCUT2D eigenvalue weighted by molar-refractivity contribution is 5.73. The lowest BCUT2D eigenvalue weighted by Crippen LogP contribution is -2.46. The fourth-order valence-electron chi connectivity index (χ4n) is 4.86. The summed E-state index contributed by atoms with van der Waals surface area (Å²) in [7, 11) is 1.53. The second kappa shape index (κ2) is 5.72. The van der Waals surface area contributed by atoms with Crippen molar-refractivity contribution in [3.05, 3.63) is 34.9 Å². The van der Waals surface area contributed by atoms with E-state index in [2.05, 4.69) is 39.0 Å². The maximum atomic E-state index is 12.2. The molecule has 22 heavy (non-hydrogen) atoms. The van der Waals surface area contributed by atoms with E-state index in [0.29, 0.717) is 11.8 Å². The third kappa shape index (κ3) is 2.37. The highest BCUT2D eigenvalue weighted by Gasteiger charge is 2.48. The summed E-state index contributed by atoms with van der Waals surface area (Å²) in [5.74, 6) is 1.09. The minimum atomic E-state index is -0.00169. The van der Waals surface area contributed by atoms with Gasteiger partial charge in [0.15, 0.2) is 0 Å². The molecule has 0 aliphatic heterocycles. The van der Waals surface area contributed by atoms with Crippen molar-refractivity contribution in [2.75, 3.05) is 7.11 Å². The van der Waals surface area contributed by atoms with Gasteiger partial charge in [0.25, 0.3) is 0 Å². The number of hydrogen-bond donors (Lipinski definition) is 0. The Kier molecular flexibility index (Phi) is 4.05. The summed E-state index contributed by atoms with van der Waals surface area (Å²) in [5.41, 5.74) is 4.57. The number of carbonyl (C=O) groups is 1. The lowest BCUT2D eigenvalue weighted by Gasteiger charge is -2.49. The van der Waals surface area contributed by atoms with E-state index >= 15 is 0 Å². The molecule has 1 aromatic carbocycles. The number of esters is 1. The van der Waals surface area contributed by atoms with Crippen molar-refractivity contribution in [2.45, 2.75) is 64.2 Å². The zero-order valence-electron chi connectivity index (χ0n) is 14.3. The molecule has 2 aliphatic carbocycles. The molecule has 2 aliphatic rings. The summed E-state index contributed by atoms with van der Waals surface area (Å²) in [6.45, 7) is 6.88. The van der Waals surface area contributed by atoms with Gasteiger partial charge in [0.2, 0.25) is 0 Å². The number of carbonyl (C=O) groups excluding carboxylic acids is 1. The van der Waals surface area contributed by atoms with Gasteiger partial charge in [0.1, 0.15) is 0 Å². The zero-order chi connectivity index (χ0) is 15.9. The van der Waals surface area contributed by atoms with E-state index in [9.17, 15) is 4.79 Å². The van der Waals surface area contributed by atoms with Crippen molar-refractivity contribution in [1.29, 1.82) is 0 Å². The quantitative estimate of drug-likeness (QED) is 0.746. The van der Waals surface area contributed by atoms with Crippen LogP contribution in [0.1, 0.15) is 69.1 Å². The standard InChI is InChI=1S/C20H28O2/c1-13(2)14-7-9-17-15(12-14)8-10-18-16(19(21)22-4)6-5-11-20(17,18)3/h7,9,12-13,16,18H,5-6,8,10-11H2,1-4H3/t16-,18-,20+/m1/s1. The van der Waals surface area contributed by atoms with Crippen LogP contribution in [0, 0.1) is 11.8 Å². The van der Waals surface area contributed by atoms with Gasteiger partial charge in [-0.15, -0.1) is 0 Å². The molecular weight excluding hydrogens is 272 g/mol. The van der Waals surface area contributed by atoms with Gasteiger partial charge in [-0.1, -0.05) is 45.4 Å². The Labute approximate surface area is 134 Å². The number of fused-ring (bicyclic) bond motifs is 3. The van der Waals surface area contributed by atoms with Crippen LogP contribution in [0.3, 0.4) is 0 Å². The lowest BCUT2D eigenvalue weighted by atomic mass is 9.54. The van der Waals surface area contributed by atoms with Crippen LogP contribution in [-0.2, 0) is 21.4 Å². The molecular formula is C20H28O2. The smallest absolute Gasteiger partial charge is 0.308 e. The van der Waals surface area contributed by atoms with Crippen LogP contribution >= 0.6 is 0 Å². The van der Waals surface area contributed by atoms with Crippen molar-refractivity contribution in [1.82, 2.24) is 0 Å². The van der Waals surface area contributed by atoms with Gasteiger partial charge < -0.3 is 4.74 Å². The van der Waals surface area contributed by atoms with Gasteiger partial charge in [-0.2, -0.15) is 0 Å². The average Bonchev–Trinajstić information content (AvgIpc) is 2.52. The molecule has 1 aromatic rings. The summed E-state index contributed by atoms with van der Waals surface area (Å²) in [6.07, 6.45) is 5.53. The van der Waals surface area contributed by atoms with Crippen molar-refractivity contribution in [3.8, 4) is 0 Å². The summed E-state index contributed by atoms with van der Waals surface area (Å²) in [6, 6.07) is 7.04. The molecule has 1 saturated carbocycles. The Balaban J connectivity index is 2.00. The predicted octanol–water partition coefficient (Wildman–Crippen LogP) is 4.60. The lowest BCUT2D eigenvalue weighted by molar-refractivity contribution is -0.150. The molecule has 0 spiro atoms. The normalized spacial score (nSPS) is 30.6. The number of methoxy groups -OCH3 is 1. The largest absolute Gasteiger partial charge is 0.469 e. The Morgan fingerprint density at radius 1 is 1.32 bits per heavy atom. The summed E-state index contributed by atoms with van der Waals surface area (Å²) in [4.78, 5) is 12.2. The first-order chi connectivity index (χ1) is 10.5. The molecule has 0 unspecified atom stereocenters. The van der Waals surface area contributed by atoms with Gasteiger partial charge in [-0.3, -0.25) is 4.79 Å². The molecule has 0 saturated heterocycles. The highest BCUT2D eigenvalue weighted by atomic mass is 16.5. The minimum Gasteiger partial charge on any atom is -0.469 e. The monoisotopic (exact) mass is 300 g/mol. The number of aryl methyl sites for hydroxylation is 1. The van der Waals surface area contributed by atoms with E-state index < -0.39 is 0 Å². The Morgan fingerprint density at radius 3 is 2.77 bits per heavy atom. The van der Waals surface area contributed by atoms with Crippen molar-refractivity contribution >= 4 is 5.97 Å². The Morgan fingerprint density at radius 2 is 2.09 bits per heavy atom. The van der Waals surface area contributed by atoms with Crippen molar-refractivity contribution < 1.29 is 9.53 Å². The van der Waals surface area contributed by atoms with Crippen LogP contribution < -0.4 is 0 Å². The van der Waals surface area contributed by atoms with Crippen LogP contribution in [0.4, 0.5) is 0 Å². The van der Waals surface area contributed by atoms with Crippen LogP contribution in [0.2, 0.25) is 0 Å². The number of rotatable bonds is 2. The molecule has 0 amide bonds. The zero-order valence-corrected chi connectivity index (χ0v) is 14.3. The molecule has 0 N–H and O–H groups in total. The van der Waals surface area contributed by atoms with E-state index in [1.807, 2.05) is 0 Å². The van der Waals surface area contributed by atoms with Gasteiger partial charge >= 0.3 is 5.97 Å². The van der Waals surface area contributed by atoms with E-state index in [1.54, 1.807) is 0 Å². The predicted molar refractivity (Wildman–Crippen MR) is 89.1 cm³/mol. The average molecular weight is 300 g/mol. The summed E-state index contributed by atoms with van der Waals surface area (Å²) in [5, 5.41) is 0. The molecule has 3 rings (SSSR count). The van der Waals surface area contributed by atoms with Gasteiger partial charge in [-0.05, 0) is 59.6 Å². The number of ether oxygens (including phenoxy) is 1. The van der Waals surface area contributed by atoms with Gasteiger partial charge in [0.05, 0.1) is 13.0 Å². The first-order valence-corrected chi connectivity index (χ1v) is 8.68. The molecule has 0 bridgehead atoms. The first kappa shape index (κ1) is 15.6. The van der Waals surface area contributed by atoms with Crippen LogP contribution in [0.5, 0.6) is 0 Å². The van der Waals surface area contributed by atoms with Crippen LogP contribution in [0.15, 0.2) is 18.2 Å². The molecule has 2 nitrogen and oxygen atoms in total. The second-order valence-electron chi connectivity index (χ2n) is 7.66. The Hall–Kier alpha value is -1.31. The Bertz CT molecular complexity index is 575. The number of hydrogen-bond acceptors (Lipinski definition) is 2. The molecule has 3 atom stereocenters. The first-order valence-electron chi connectivity index (χ1n) is 8.68. The second-order valence-corrected chi connectivity index (χ2v) is 7.66. The topological polar surface area (TPSA) is 26.3 Å². The van der Waals surface area contributed by atoms with Crippen molar-refractivity contribution in [3.63, 3.8) is 0 Å². The third-order valence-electron chi connectivity index (χ3n) is 6.16. The van der Waals surface area contributed by atoms with Gasteiger partial charge in [0, 0.05) is 0 Å². The van der Waals surface area contributed by atoms with E-state index in [-0.39, 0.29) is 17.3 Å². The maximum Gasteiger partial charge on any atom is 0.308 e. The maximum absolute atomic E-state index is 12.2. The molecule has 0 heterocycles. The van der Waals surface area contributed by atoms with E-state index in [1.165, 1.54) is 30.2 Å². The van der Waals surface area contributed by atoms with Crippen LogP contribution in [-0.4, -0.2) is 13.1 Å². The van der Waals surface area contributed by atoms with Gasteiger partial charge in [-0.25, -0.2) is 0 Å². The molecule has 1 fully saturated rings.